The minimum absolute atomic E-state index is 0.0556. The Morgan fingerprint density at radius 1 is 1.29 bits per heavy atom. The van der Waals surface area contributed by atoms with Crippen LogP contribution in [-0.4, -0.2) is 18.3 Å². The van der Waals surface area contributed by atoms with Gasteiger partial charge in [-0.25, -0.2) is 0 Å². The van der Waals surface area contributed by atoms with Gasteiger partial charge in [-0.15, -0.1) is 0 Å². The largest absolute Gasteiger partial charge is 0.386 e. The highest BCUT2D eigenvalue weighted by Crippen LogP contribution is 2.38. The van der Waals surface area contributed by atoms with Gasteiger partial charge in [0.2, 0.25) is 0 Å². The number of fused-ring (bicyclic) bond motifs is 1. The van der Waals surface area contributed by atoms with Crippen LogP contribution in [0.5, 0.6) is 0 Å². The molecule has 1 aromatic rings. The van der Waals surface area contributed by atoms with Crippen molar-refractivity contribution in [2.45, 2.75) is 31.5 Å². The van der Waals surface area contributed by atoms with Gasteiger partial charge in [-0.3, -0.25) is 0 Å². The maximum absolute atomic E-state index is 10.0. The van der Waals surface area contributed by atoms with Crippen molar-refractivity contribution in [2.24, 2.45) is 0 Å². The van der Waals surface area contributed by atoms with E-state index in [4.69, 9.17) is 4.74 Å². The van der Waals surface area contributed by atoms with Gasteiger partial charge in [0.15, 0.2) is 0 Å². The highest BCUT2D eigenvalue weighted by Gasteiger charge is 2.31. The molecule has 0 aromatic heterocycles. The van der Waals surface area contributed by atoms with Gasteiger partial charge in [0.1, 0.15) is 6.10 Å². The first kappa shape index (κ1) is 9.69. The number of aliphatic hydroxyl groups excluding tert-OH is 1. The molecule has 0 bridgehead atoms. The molecule has 1 aromatic carbocycles. The van der Waals surface area contributed by atoms with E-state index >= 15 is 0 Å². The van der Waals surface area contributed by atoms with Crippen molar-refractivity contribution in [1.29, 1.82) is 0 Å². The molecule has 3 unspecified atom stereocenters. The monoisotopic (exact) mass is 192 g/mol. The van der Waals surface area contributed by atoms with Crippen molar-refractivity contribution in [3.8, 4) is 0 Å². The van der Waals surface area contributed by atoms with Crippen LogP contribution in [0.3, 0.4) is 0 Å². The Balaban J connectivity index is 2.41. The van der Waals surface area contributed by atoms with Crippen molar-refractivity contribution < 1.29 is 9.84 Å². The van der Waals surface area contributed by atoms with Crippen LogP contribution in [0.4, 0.5) is 0 Å². The molecule has 0 heterocycles. The second-order valence-electron chi connectivity index (χ2n) is 3.98. The Bertz CT molecular complexity index is 322. The second kappa shape index (κ2) is 3.71. The Hall–Kier alpha value is -0.860. The van der Waals surface area contributed by atoms with Gasteiger partial charge in [-0.1, -0.05) is 31.2 Å². The number of hydrogen-bond acceptors (Lipinski definition) is 2. The van der Waals surface area contributed by atoms with Crippen LogP contribution in [-0.2, 0) is 4.74 Å². The van der Waals surface area contributed by atoms with Gasteiger partial charge in [-0.2, -0.15) is 0 Å². The first-order valence-corrected chi connectivity index (χ1v) is 5.03. The molecule has 1 aliphatic rings. The van der Waals surface area contributed by atoms with Crippen LogP contribution < -0.4 is 0 Å². The third-order valence-electron chi connectivity index (χ3n) is 3.09. The number of hydrogen-bond donors (Lipinski definition) is 1. The first-order valence-electron chi connectivity index (χ1n) is 5.03. The van der Waals surface area contributed by atoms with Crippen molar-refractivity contribution >= 4 is 0 Å². The predicted molar refractivity (Wildman–Crippen MR) is 55.2 cm³/mol. The fraction of sp³-hybridized carbons (Fsp3) is 0.500. The molecular weight excluding hydrogens is 176 g/mol. The predicted octanol–water partition coefficient (Wildman–Crippen LogP) is 2.24. The molecule has 2 rings (SSSR count). The molecule has 3 atom stereocenters. The minimum Gasteiger partial charge on any atom is -0.386 e. The van der Waals surface area contributed by atoms with Crippen LogP contribution in [0.1, 0.15) is 36.5 Å². The summed E-state index contributed by atoms with van der Waals surface area (Å²) in [4.78, 5) is 0. The number of aliphatic hydroxyl groups is 1. The SMILES string of the molecule is COC1CC(C)c2ccccc2C1O. The lowest BCUT2D eigenvalue weighted by molar-refractivity contribution is -0.0280. The average Bonchev–Trinajstić information content (AvgIpc) is 2.23. The molecule has 0 saturated carbocycles. The summed E-state index contributed by atoms with van der Waals surface area (Å²) in [6.07, 6.45) is 0.376. The number of rotatable bonds is 1. The van der Waals surface area contributed by atoms with E-state index in [0.717, 1.165) is 12.0 Å². The number of methoxy groups -OCH3 is 1. The first-order chi connectivity index (χ1) is 6.74. The van der Waals surface area contributed by atoms with E-state index in [-0.39, 0.29) is 6.10 Å². The van der Waals surface area contributed by atoms with E-state index < -0.39 is 6.10 Å². The van der Waals surface area contributed by atoms with E-state index in [9.17, 15) is 5.11 Å². The van der Waals surface area contributed by atoms with Crippen molar-refractivity contribution in [3.05, 3.63) is 35.4 Å². The molecule has 0 aliphatic heterocycles. The highest BCUT2D eigenvalue weighted by atomic mass is 16.5. The van der Waals surface area contributed by atoms with Gasteiger partial charge in [0, 0.05) is 7.11 Å². The molecule has 0 amide bonds. The smallest absolute Gasteiger partial charge is 0.105 e. The lowest BCUT2D eigenvalue weighted by Gasteiger charge is -2.32. The third kappa shape index (κ3) is 1.45. The van der Waals surface area contributed by atoms with Crippen molar-refractivity contribution in [3.63, 3.8) is 0 Å². The quantitative estimate of drug-likeness (QED) is 0.739. The van der Waals surface area contributed by atoms with E-state index in [1.807, 2.05) is 18.2 Å². The Labute approximate surface area is 84.5 Å². The molecule has 1 N–H and O–H groups in total. The van der Waals surface area contributed by atoms with E-state index in [1.54, 1.807) is 7.11 Å². The average molecular weight is 192 g/mol. The van der Waals surface area contributed by atoms with E-state index in [1.165, 1.54) is 5.56 Å². The Kier molecular flexibility index (Phi) is 2.57. The number of benzene rings is 1. The van der Waals surface area contributed by atoms with Crippen LogP contribution in [0.2, 0.25) is 0 Å². The summed E-state index contributed by atoms with van der Waals surface area (Å²) in [6, 6.07) is 8.07. The molecule has 14 heavy (non-hydrogen) atoms. The summed E-state index contributed by atoms with van der Waals surface area (Å²) >= 11 is 0. The van der Waals surface area contributed by atoms with Gasteiger partial charge in [0.25, 0.3) is 0 Å². The van der Waals surface area contributed by atoms with Crippen molar-refractivity contribution in [2.75, 3.05) is 7.11 Å². The molecule has 2 nitrogen and oxygen atoms in total. The molecule has 1 aliphatic carbocycles. The molecule has 76 valence electrons. The third-order valence-corrected chi connectivity index (χ3v) is 3.09. The summed E-state index contributed by atoms with van der Waals surface area (Å²) in [5, 5.41) is 10.0. The zero-order valence-corrected chi connectivity index (χ0v) is 8.60. The lowest BCUT2D eigenvalue weighted by atomic mass is 9.80. The maximum atomic E-state index is 10.0. The molecule has 2 heteroatoms. The van der Waals surface area contributed by atoms with Crippen LogP contribution >= 0.6 is 0 Å². The Morgan fingerprint density at radius 3 is 2.57 bits per heavy atom. The van der Waals surface area contributed by atoms with Crippen molar-refractivity contribution in [1.82, 2.24) is 0 Å². The van der Waals surface area contributed by atoms with Crippen LogP contribution in [0, 0.1) is 0 Å². The fourth-order valence-electron chi connectivity index (χ4n) is 2.26. The molecule has 0 saturated heterocycles. The molecular formula is C12H16O2. The number of ether oxygens (including phenoxy) is 1. The lowest BCUT2D eigenvalue weighted by Crippen LogP contribution is -2.28. The zero-order valence-electron chi connectivity index (χ0n) is 8.60. The summed E-state index contributed by atoms with van der Waals surface area (Å²) < 4.78 is 5.28. The van der Waals surface area contributed by atoms with E-state index in [0.29, 0.717) is 5.92 Å². The summed E-state index contributed by atoms with van der Waals surface area (Å²) in [6.45, 7) is 2.18. The highest BCUT2D eigenvalue weighted by molar-refractivity contribution is 5.35. The summed E-state index contributed by atoms with van der Waals surface area (Å²) in [7, 11) is 1.66. The van der Waals surface area contributed by atoms with Gasteiger partial charge >= 0.3 is 0 Å². The normalized spacial score (nSPS) is 31.2. The second-order valence-corrected chi connectivity index (χ2v) is 3.98. The van der Waals surface area contributed by atoms with E-state index in [2.05, 4.69) is 13.0 Å². The molecule has 0 radical (unpaired) electrons. The molecule has 0 fully saturated rings. The molecule has 0 spiro atoms. The van der Waals surface area contributed by atoms with Gasteiger partial charge < -0.3 is 9.84 Å². The fourth-order valence-corrected chi connectivity index (χ4v) is 2.26. The summed E-state index contributed by atoms with van der Waals surface area (Å²) in [5.41, 5.74) is 2.28. The Morgan fingerprint density at radius 2 is 1.93 bits per heavy atom. The minimum atomic E-state index is -0.465. The maximum Gasteiger partial charge on any atom is 0.105 e. The van der Waals surface area contributed by atoms with Gasteiger partial charge in [-0.05, 0) is 23.5 Å². The zero-order chi connectivity index (χ0) is 10.1. The summed E-state index contributed by atoms with van der Waals surface area (Å²) in [5.74, 6) is 0.472. The van der Waals surface area contributed by atoms with Crippen LogP contribution in [0.15, 0.2) is 24.3 Å². The van der Waals surface area contributed by atoms with Crippen LogP contribution in [0.25, 0.3) is 0 Å². The topological polar surface area (TPSA) is 29.5 Å². The standard InChI is InChI=1S/C12H16O2/c1-8-7-11(14-2)12(13)10-6-4-3-5-9(8)10/h3-6,8,11-13H,7H2,1-2H3. The van der Waals surface area contributed by atoms with Gasteiger partial charge in [0.05, 0.1) is 6.10 Å².